The quantitative estimate of drug-likeness (QED) is 0.593. The molecule has 0 aliphatic heterocycles. The highest BCUT2D eigenvalue weighted by atomic mass is 28.3. The fourth-order valence-corrected chi connectivity index (χ4v) is 2.26. The highest BCUT2D eigenvalue weighted by Gasteiger charge is 2.23. The van der Waals surface area contributed by atoms with Gasteiger partial charge in [-0.2, -0.15) is 0 Å². The summed E-state index contributed by atoms with van der Waals surface area (Å²) < 4.78 is 23.3. The van der Waals surface area contributed by atoms with Crippen molar-refractivity contribution in [2.75, 3.05) is 13.7 Å². The number of hydrogen-bond acceptors (Lipinski definition) is 3. The molecule has 1 aromatic carbocycles. The lowest BCUT2D eigenvalue weighted by Gasteiger charge is -2.20. The van der Waals surface area contributed by atoms with E-state index >= 15 is 0 Å². The van der Waals surface area contributed by atoms with E-state index in [0.29, 0.717) is 12.2 Å². The van der Waals surface area contributed by atoms with Crippen LogP contribution in [0, 0.1) is 5.82 Å². The van der Waals surface area contributed by atoms with E-state index in [-0.39, 0.29) is 5.82 Å². The minimum absolute atomic E-state index is 0.338. The summed E-state index contributed by atoms with van der Waals surface area (Å²) in [5.74, 6) is -0.795. The highest BCUT2D eigenvalue weighted by Crippen LogP contribution is 2.21. The van der Waals surface area contributed by atoms with Crippen LogP contribution in [0.15, 0.2) is 24.3 Å². The number of rotatable bonds is 6. The number of esters is 1. The molecule has 0 bridgehead atoms. The molecule has 1 aromatic rings. The Hall–Kier alpha value is -1.20. The van der Waals surface area contributed by atoms with Crippen LogP contribution in [-0.4, -0.2) is 27.8 Å². The smallest absolute Gasteiger partial charge is 0.339 e. The molecule has 5 heteroatoms. The number of ether oxygens (including phenoxy) is 2. The van der Waals surface area contributed by atoms with Crippen LogP contribution in [0.1, 0.15) is 11.7 Å². The third kappa shape index (κ3) is 5.53. The van der Waals surface area contributed by atoms with Crippen molar-refractivity contribution in [1.29, 1.82) is 0 Å². The zero-order valence-corrected chi connectivity index (χ0v) is 12.9. The lowest BCUT2D eigenvalue weighted by molar-refractivity contribution is -0.154. The van der Waals surface area contributed by atoms with Gasteiger partial charge in [0, 0.05) is 14.7 Å². The SMILES string of the molecule is COC(=O)[C@H](OCC[Si](C)(C)C)c1ccc(F)cc1. The van der Waals surface area contributed by atoms with E-state index in [1.54, 1.807) is 12.1 Å². The molecule has 19 heavy (non-hydrogen) atoms. The molecular weight excluding hydrogens is 263 g/mol. The van der Waals surface area contributed by atoms with Gasteiger partial charge in [0.25, 0.3) is 0 Å². The normalized spacial score (nSPS) is 13.1. The lowest BCUT2D eigenvalue weighted by atomic mass is 10.1. The molecule has 1 rings (SSSR count). The van der Waals surface area contributed by atoms with Gasteiger partial charge in [0.2, 0.25) is 0 Å². The van der Waals surface area contributed by atoms with Crippen molar-refractivity contribution in [1.82, 2.24) is 0 Å². The number of carbonyl (C=O) groups is 1. The van der Waals surface area contributed by atoms with E-state index < -0.39 is 20.1 Å². The predicted octanol–water partition coefficient (Wildman–Crippen LogP) is 3.39. The molecule has 0 N–H and O–H groups in total. The van der Waals surface area contributed by atoms with Crippen molar-refractivity contribution in [3.8, 4) is 0 Å². The minimum Gasteiger partial charge on any atom is -0.467 e. The van der Waals surface area contributed by atoms with Crippen molar-refractivity contribution in [3.05, 3.63) is 35.6 Å². The first-order valence-electron chi connectivity index (χ1n) is 6.28. The summed E-state index contributed by atoms with van der Waals surface area (Å²) in [4.78, 5) is 11.7. The van der Waals surface area contributed by atoms with Gasteiger partial charge >= 0.3 is 5.97 Å². The number of halogens is 1. The Morgan fingerprint density at radius 3 is 2.32 bits per heavy atom. The van der Waals surface area contributed by atoms with Crippen molar-refractivity contribution < 1.29 is 18.7 Å². The predicted molar refractivity (Wildman–Crippen MR) is 75.3 cm³/mol. The Kier molecular flexibility index (Phi) is 5.69. The van der Waals surface area contributed by atoms with Crippen molar-refractivity contribution in [2.45, 2.75) is 31.8 Å². The summed E-state index contributed by atoms with van der Waals surface area (Å²) in [6.07, 6.45) is -0.776. The van der Waals surface area contributed by atoms with Crippen LogP contribution in [-0.2, 0) is 14.3 Å². The van der Waals surface area contributed by atoms with Gasteiger partial charge in [-0.3, -0.25) is 0 Å². The van der Waals surface area contributed by atoms with Crippen molar-refractivity contribution in [2.24, 2.45) is 0 Å². The molecule has 0 saturated carbocycles. The van der Waals surface area contributed by atoms with E-state index in [4.69, 9.17) is 9.47 Å². The second kappa shape index (κ2) is 6.82. The molecule has 0 radical (unpaired) electrons. The first-order chi connectivity index (χ1) is 8.83. The summed E-state index contributed by atoms with van der Waals surface area (Å²) in [6.45, 7) is 7.22. The number of methoxy groups -OCH3 is 1. The summed E-state index contributed by atoms with van der Waals surface area (Å²) in [5, 5.41) is 0. The average molecular weight is 284 g/mol. The molecular formula is C14H21FO3Si. The van der Waals surface area contributed by atoms with Gasteiger partial charge < -0.3 is 9.47 Å². The highest BCUT2D eigenvalue weighted by molar-refractivity contribution is 6.76. The zero-order valence-electron chi connectivity index (χ0n) is 11.9. The minimum atomic E-state index is -1.22. The fourth-order valence-electron chi connectivity index (χ4n) is 1.53. The second-order valence-electron chi connectivity index (χ2n) is 5.64. The van der Waals surface area contributed by atoms with Gasteiger partial charge in [-0.1, -0.05) is 31.8 Å². The van der Waals surface area contributed by atoms with Crippen LogP contribution in [0.25, 0.3) is 0 Å². The molecule has 0 amide bonds. The Morgan fingerprint density at radius 2 is 1.84 bits per heavy atom. The second-order valence-corrected chi connectivity index (χ2v) is 11.3. The van der Waals surface area contributed by atoms with Crippen molar-refractivity contribution >= 4 is 14.0 Å². The number of benzene rings is 1. The van der Waals surface area contributed by atoms with Gasteiger partial charge in [-0.05, 0) is 23.7 Å². The van der Waals surface area contributed by atoms with Gasteiger partial charge in [-0.15, -0.1) is 0 Å². The molecule has 0 fully saturated rings. The topological polar surface area (TPSA) is 35.5 Å². The first-order valence-corrected chi connectivity index (χ1v) is 9.99. The van der Waals surface area contributed by atoms with Crippen LogP contribution in [0.5, 0.6) is 0 Å². The molecule has 1 atom stereocenters. The monoisotopic (exact) mass is 284 g/mol. The first kappa shape index (κ1) is 15.9. The van der Waals surface area contributed by atoms with Crippen LogP contribution >= 0.6 is 0 Å². The molecule has 0 aliphatic carbocycles. The number of carbonyl (C=O) groups excluding carboxylic acids is 1. The molecule has 0 aliphatic rings. The van der Waals surface area contributed by atoms with E-state index in [1.165, 1.54) is 19.2 Å². The summed E-state index contributed by atoms with van der Waals surface area (Å²) >= 11 is 0. The van der Waals surface area contributed by atoms with Gasteiger partial charge in [-0.25, -0.2) is 9.18 Å². The molecule has 106 valence electrons. The van der Waals surface area contributed by atoms with Gasteiger partial charge in [0.15, 0.2) is 6.10 Å². The standard InChI is InChI=1S/C14H21FO3Si/c1-17-14(16)13(18-9-10-19(2,3)4)11-5-7-12(15)8-6-11/h5-8,13H,9-10H2,1-4H3/t13-/m1/s1. The molecule has 0 aromatic heterocycles. The van der Waals surface area contributed by atoms with Gasteiger partial charge in [0.05, 0.1) is 7.11 Å². The summed E-state index contributed by atoms with van der Waals surface area (Å²) in [5.41, 5.74) is 0.615. The largest absolute Gasteiger partial charge is 0.467 e. The summed E-state index contributed by atoms with van der Waals surface area (Å²) in [7, 11) is 0.104. The lowest BCUT2D eigenvalue weighted by Crippen LogP contribution is -2.24. The molecule has 0 saturated heterocycles. The van der Waals surface area contributed by atoms with E-state index in [2.05, 4.69) is 19.6 Å². The Balaban J connectivity index is 2.73. The maximum absolute atomic E-state index is 12.9. The Bertz CT molecular complexity index is 412. The Morgan fingerprint density at radius 1 is 1.26 bits per heavy atom. The van der Waals surface area contributed by atoms with Gasteiger partial charge in [0.1, 0.15) is 5.82 Å². The third-order valence-electron chi connectivity index (χ3n) is 2.72. The molecule has 0 spiro atoms. The van der Waals surface area contributed by atoms with E-state index in [9.17, 15) is 9.18 Å². The molecule has 0 unspecified atom stereocenters. The third-order valence-corrected chi connectivity index (χ3v) is 4.43. The maximum Gasteiger partial charge on any atom is 0.339 e. The van der Waals surface area contributed by atoms with Crippen LogP contribution in [0.2, 0.25) is 25.7 Å². The van der Waals surface area contributed by atoms with Crippen LogP contribution in [0.3, 0.4) is 0 Å². The van der Waals surface area contributed by atoms with Crippen molar-refractivity contribution in [3.63, 3.8) is 0 Å². The fraction of sp³-hybridized carbons (Fsp3) is 0.500. The van der Waals surface area contributed by atoms with E-state index in [0.717, 1.165) is 6.04 Å². The van der Waals surface area contributed by atoms with Crippen LogP contribution < -0.4 is 0 Å². The molecule has 0 heterocycles. The van der Waals surface area contributed by atoms with E-state index in [1.807, 2.05) is 0 Å². The molecule has 3 nitrogen and oxygen atoms in total. The maximum atomic E-state index is 12.9. The average Bonchev–Trinajstić information content (AvgIpc) is 2.34. The Labute approximate surface area is 114 Å². The summed E-state index contributed by atoms with van der Waals surface area (Å²) in [6, 6.07) is 6.68. The zero-order chi connectivity index (χ0) is 14.5. The number of hydrogen-bond donors (Lipinski definition) is 0. The van der Waals surface area contributed by atoms with Crippen LogP contribution in [0.4, 0.5) is 4.39 Å².